The number of hydrogen-bond donors (Lipinski definition) is 3. The monoisotopic (exact) mass is 890 g/mol. The lowest BCUT2D eigenvalue weighted by atomic mass is 9.57. The molecule has 5 aliphatic rings. The summed E-state index contributed by atoms with van der Waals surface area (Å²) in [5, 5.41) is 20.5. The van der Waals surface area contributed by atoms with Crippen LogP contribution in [-0.4, -0.2) is 95.9 Å². The van der Waals surface area contributed by atoms with Crippen LogP contribution in [0.5, 0.6) is 5.75 Å². The Hall–Kier alpha value is -6.56. The second kappa shape index (κ2) is 16.5. The number of carbonyl (C=O) groups excluding carboxylic acids is 3. The Balaban J connectivity index is 0.711. The Bertz CT molecular complexity index is 2910. The molecule has 2 bridgehead atoms. The molecule has 3 N–H and O–H groups in total. The van der Waals surface area contributed by atoms with E-state index >= 15 is 0 Å². The van der Waals surface area contributed by atoms with E-state index in [1.807, 2.05) is 30.6 Å². The summed E-state index contributed by atoms with van der Waals surface area (Å²) in [5.74, 6) is -7.16. The standard InChI is InChI=1S/C47H49F3N10O5/c1-56-37-21-28(4-7-35(37)60(45(56)65)36-8-9-38(61)54-43(36)64)3-2-16-57-17-19-58(20-18-57)44-51-24-31(25-52-44)29-5-6-30-26-59(55-34(30)22-29)47-13-10-46(11-14-47,12-15-47)27-53-42(63)32-23-33(48)41(62)40(50)39(32)49/h4-7,21-26,36,62H,2-3,8-20,27H2,1H3,(H,53,63)(H,54,61,64)/t36?,46-,47+. The number of aryl methyl sites for hydroxylation is 2. The summed E-state index contributed by atoms with van der Waals surface area (Å²) in [7, 11) is 1.71. The maximum absolute atomic E-state index is 14.3. The number of fused-ring (bicyclic) bond motifs is 5. The Morgan fingerprint density at radius 2 is 1.63 bits per heavy atom. The molecule has 3 amide bonds. The minimum atomic E-state index is -1.78. The molecule has 2 saturated heterocycles. The van der Waals surface area contributed by atoms with Crippen molar-refractivity contribution >= 4 is 45.6 Å². The summed E-state index contributed by atoms with van der Waals surface area (Å²) in [6.07, 6.45) is 13.1. The fourth-order valence-electron chi connectivity index (χ4n) is 10.5. The van der Waals surface area contributed by atoms with Crippen molar-refractivity contribution in [2.24, 2.45) is 12.5 Å². The zero-order valence-corrected chi connectivity index (χ0v) is 36.0. The van der Waals surface area contributed by atoms with Gasteiger partial charge in [0.25, 0.3) is 5.91 Å². The molecule has 1 atom stereocenters. The van der Waals surface area contributed by atoms with Gasteiger partial charge in [-0.15, -0.1) is 0 Å². The van der Waals surface area contributed by atoms with E-state index in [0.29, 0.717) is 24.0 Å². The smallest absolute Gasteiger partial charge is 0.329 e. The van der Waals surface area contributed by atoms with Gasteiger partial charge in [0.1, 0.15) is 6.04 Å². The maximum Gasteiger partial charge on any atom is 0.329 e. The van der Waals surface area contributed by atoms with E-state index in [9.17, 15) is 37.5 Å². The van der Waals surface area contributed by atoms with Gasteiger partial charge in [-0.25, -0.2) is 23.5 Å². The van der Waals surface area contributed by atoms with Gasteiger partial charge < -0.3 is 15.3 Å². The van der Waals surface area contributed by atoms with Crippen LogP contribution in [0.15, 0.2) is 65.8 Å². The van der Waals surface area contributed by atoms with Crippen LogP contribution >= 0.6 is 0 Å². The zero-order valence-electron chi connectivity index (χ0n) is 36.0. The molecule has 338 valence electrons. The van der Waals surface area contributed by atoms with E-state index in [-0.39, 0.29) is 35.5 Å². The summed E-state index contributed by atoms with van der Waals surface area (Å²) >= 11 is 0. The number of hydrogen-bond acceptors (Lipinski definition) is 10. The molecule has 3 aromatic heterocycles. The molecule has 3 aliphatic carbocycles. The minimum absolute atomic E-state index is 0.164. The Morgan fingerprint density at radius 1 is 0.892 bits per heavy atom. The van der Waals surface area contributed by atoms with Crippen LogP contribution < -0.4 is 21.2 Å². The quantitative estimate of drug-likeness (QED) is 0.112. The minimum Gasteiger partial charge on any atom is -0.503 e. The SMILES string of the molecule is Cn1c(=O)n(C2CCC(=O)NC2=O)c2ccc(CCCN3CCN(c4ncc(-c5ccc6cn([C@]78CC[C@](CNC(=O)c9cc(F)c(O)c(F)c9F)(CC7)CC8)nc6c5)cn4)CC3)cc21. The number of benzene rings is 3. The first-order valence-corrected chi connectivity index (χ1v) is 22.3. The van der Waals surface area contributed by atoms with E-state index in [2.05, 4.69) is 49.5 Å². The normalized spacial score (nSPS) is 22.5. The fraction of sp³-hybridized carbons (Fsp3) is 0.426. The number of carbonyl (C=O) groups is 3. The molecule has 3 aromatic carbocycles. The summed E-state index contributed by atoms with van der Waals surface area (Å²) in [6.45, 7) is 4.59. The largest absolute Gasteiger partial charge is 0.503 e. The van der Waals surface area contributed by atoms with Gasteiger partial charge >= 0.3 is 5.69 Å². The number of aromatic nitrogens is 6. The molecular weight excluding hydrogens is 842 g/mol. The number of imide groups is 1. The van der Waals surface area contributed by atoms with Crippen LogP contribution in [0.1, 0.15) is 79.8 Å². The third-order valence-corrected chi connectivity index (χ3v) is 14.6. The van der Waals surface area contributed by atoms with Crippen LogP contribution in [0.2, 0.25) is 0 Å². The fourth-order valence-corrected chi connectivity index (χ4v) is 10.5. The van der Waals surface area contributed by atoms with E-state index < -0.39 is 46.6 Å². The molecule has 0 spiro atoms. The third kappa shape index (κ3) is 7.70. The Labute approximate surface area is 371 Å². The molecule has 15 nitrogen and oxygen atoms in total. The Morgan fingerprint density at radius 3 is 2.35 bits per heavy atom. The van der Waals surface area contributed by atoms with Crippen molar-refractivity contribution in [3.8, 4) is 16.9 Å². The second-order valence-corrected chi connectivity index (χ2v) is 18.3. The van der Waals surface area contributed by atoms with Gasteiger partial charge in [0.2, 0.25) is 23.6 Å². The lowest BCUT2D eigenvalue weighted by molar-refractivity contribution is -0.135. The predicted molar refractivity (Wildman–Crippen MR) is 235 cm³/mol. The summed E-state index contributed by atoms with van der Waals surface area (Å²) in [5.41, 5.74) is 3.91. The number of anilines is 1. The van der Waals surface area contributed by atoms with Crippen LogP contribution in [-0.2, 0) is 28.6 Å². The van der Waals surface area contributed by atoms with Gasteiger partial charge in [-0.1, -0.05) is 18.2 Å². The number of phenolic OH excluding ortho intramolecular Hbond substituents is 1. The number of nitrogens with one attached hydrogen (secondary N) is 2. The van der Waals surface area contributed by atoms with Crippen LogP contribution in [0.4, 0.5) is 19.1 Å². The highest BCUT2D eigenvalue weighted by Gasteiger charge is 2.50. The first-order chi connectivity index (χ1) is 31.3. The van der Waals surface area contributed by atoms with Gasteiger partial charge in [0.15, 0.2) is 17.4 Å². The molecule has 5 fully saturated rings. The maximum atomic E-state index is 14.3. The zero-order chi connectivity index (χ0) is 45.2. The summed E-state index contributed by atoms with van der Waals surface area (Å²) in [6, 6.07) is 12.0. The molecule has 3 saturated carbocycles. The van der Waals surface area contributed by atoms with Gasteiger partial charge in [0, 0.05) is 75.7 Å². The second-order valence-electron chi connectivity index (χ2n) is 18.3. The molecule has 6 aromatic rings. The average molecular weight is 891 g/mol. The molecule has 1 unspecified atom stereocenters. The van der Waals surface area contributed by atoms with E-state index in [0.717, 1.165) is 117 Å². The van der Waals surface area contributed by atoms with Crippen molar-refractivity contribution in [3.05, 3.63) is 100 Å². The van der Waals surface area contributed by atoms with Crippen molar-refractivity contribution < 1.29 is 32.7 Å². The number of piperazine rings is 1. The molecule has 0 radical (unpaired) electrons. The van der Waals surface area contributed by atoms with Crippen LogP contribution in [0.3, 0.4) is 0 Å². The lowest BCUT2D eigenvalue weighted by Crippen LogP contribution is -2.51. The van der Waals surface area contributed by atoms with Crippen molar-refractivity contribution in [1.82, 2.24) is 44.4 Å². The molecular formula is C47H49F3N10O5. The third-order valence-electron chi connectivity index (χ3n) is 14.6. The van der Waals surface area contributed by atoms with Gasteiger partial charge in [-0.2, -0.15) is 9.49 Å². The van der Waals surface area contributed by atoms with Gasteiger partial charge in [-0.05, 0) is 105 Å². The summed E-state index contributed by atoms with van der Waals surface area (Å²) < 4.78 is 47.3. The first kappa shape index (κ1) is 42.4. The number of halogens is 3. The van der Waals surface area contributed by atoms with Crippen molar-refractivity contribution in [1.29, 1.82) is 0 Å². The number of phenols is 1. The Kier molecular flexibility index (Phi) is 10.7. The van der Waals surface area contributed by atoms with Gasteiger partial charge in [0.05, 0.1) is 27.7 Å². The van der Waals surface area contributed by atoms with Crippen molar-refractivity contribution in [3.63, 3.8) is 0 Å². The lowest BCUT2D eigenvalue weighted by Gasteiger charge is -2.53. The molecule has 11 rings (SSSR count). The molecule has 2 aliphatic heterocycles. The van der Waals surface area contributed by atoms with Crippen molar-refractivity contribution in [2.45, 2.75) is 75.8 Å². The summed E-state index contributed by atoms with van der Waals surface area (Å²) in [4.78, 5) is 64.3. The van der Waals surface area contributed by atoms with E-state index in [1.165, 1.54) is 4.57 Å². The van der Waals surface area contributed by atoms with E-state index in [4.69, 9.17) is 15.1 Å². The topological polar surface area (TPSA) is 173 Å². The average Bonchev–Trinajstić information content (AvgIpc) is 3.87. The van der Waals surface area contributed by atoms with Gasteiger partial charge in [-0.3, -0.25) is 38.4 Å². The highest BCUT2D eigenvalue weighted by atomic mass is 19.2. The highest BCUT2D eigenvalue weighted by molar-refractivity contribution is 6.00. The predicted octanol–water partition coefficient (Wildman–Crippen LogP) is 5.48. The highest BCUT2D eigenvalue weighted by Crippen LogP contribution is 2.55. The van der Waals surface area contributed by atoms with Crippen LogP contribution in [0.25, 0.3) is 33.1 Å². The number of aromatic hydroxyl groups is 1. The number of rotatable bonds is 11. The number of amides is 3. The number of imidazole rings is 1. The van der Waals surface area contributed by atoms with Crippen LogP contribution in [0, 0.1) is 22.9 Å². The first-order valence-electron chi connectivity index (χ1n) is 22.3. The number of piperidine rings is 1. The molecule has 65 heavy (non-hydrogen) atoms. The molecule has 18 heteroatoms. The van der Waals surface area contributed by atoms with E-state index in [1.54, 1.807) is 11.6 Å². The molecule has 5 heterocycles. The number of nitrogens with zero attached hydrogens (tertiary/aromatic N) is 8. The van der Waals surface area contributed by atoms with Crippen molar-refractivity contribution in [2.75, 3.05) is 44.2 Å².